The fourth-order valence-corrected chi connectivity index (χ4v) is 1.53. The monoisotopic (exact) mass is 218 g/mol. The van der Waals surface area contributed by atoms with Crippen LogP contribution in [0.15, 0.2) is 30.3 Å². The molecule has 0 unspecified atom stereocenters. The summed E-state index contributed by atoms with van der Waals surface area (Å²) >= 11 is 0. The molecule has 1 aromatic carbocycles. The van der Waals surface area contributed by atoms with E-state index in [2.05, 4.69) is 0 Å². The van der Waals surface area contributed by atoms with Gasteiger partial charge in [0.05, 0.1) is 6.10 Å². The number of hydrogen-bond acceptors (Lipinski definition) is 1. The van der Waals surface area contributed by atoms with Gasteiger partial charge < -0.3 is 5.11 Å². The Bertz CT molecular complexity index is 294. The molecular weight excluding hydrogens is 205 g/mol. The van der Waals surface area contributed by atoms with Crippen molar-refractivity contribution in [3.8, 4) is 0 Å². The number of rotatable bonds is 3. The van der Waals surface area contributed by atoms with Crippen molar-refractivity contribution in [2.24, 2.45) is 0 Å². The molecule has 0 radical (unpaired) electrons. The van der Waals surface area contributed by atoms with Crippen molar-refractivity contribution in [1.29, 1.82) is 0 Å². The lowest BCUT2D eigenvalue weighted by molar-refractivity contribution is -0.172. The predicted molar refractivity (Wildman–Crippen MR) is 51.5 cm³/mol. The lowest BCUT2D eigenvalue weighted by atomic mass is 9.91. The molecule has 84 valence electrons. The molecule has 15 heavy (non-hydrogen) atoms. The fraction of sp³-hybridized carbons (Fsp3) is 0.455. The Balaban J connectivity index is 3.02. The summed E-state index contributed by atoms with van der Waals surface area (Å²) in [5.41, 5.74) is 0.111. The molecule has 0 aromatic heterocycles. The topological polar surface area (TPSA) is 20.2 Å². The average molecular weight is 218 g/mol. The van der Waals surface area contributed by atoms with Crippen LogP contribution >= 0.6 is 0 Å². The zero-order valence-electron chi connectivity index (χ0n) is 8.33. The first kappa shape index (κ1) is 12.0. The van der Waals surface area contributed by atoms with E-state index in [4.69, 9.17) is 0 Å². The van der Waals surface area contributed by atoms with Crippen LogP contribution in [-0.2, 0) is 0 Å². The standard InChI is InChI=1S/C11H13F3O/c1-2-9(15)10(11(12,13)14)8-6-4-3-5-7-8/h3-7,9-10,15H,2H2,1H3/t9-,10+/m1/s1. The van der Waals surface area contributed by atoms with Crippen LogP contribution in [-0.4, -0.2) is 17.4 Å². The smallest absolute Gasteiger partial charge is 0.392 e. The van der Waals surface area contributed by atoms with E-state index in [9.17, 15) is 18.3 Å². The van der Waals surface area contributed by atoms with Gasteiger partial charge in [-0.15, -0.1) is 0 Å². The van der Waals surface area contributed by atoms with Gasteiger partial charge >= 0.3 is 6.18 Å². The molecule has 0 heterocycles. The molecule has 2 atom stereocenters. The SMILES string of the molecule is CC[C@@H](O)[C@H](c1ccccc1)C(F)(F)F. The predicted octanol–water partition coefficient (Wildman–Crippen LogP) is 3.10. The third-order valence-electron chi connectivity index (χ3n) is 2.31. The summed E-state index contributed by atoms with van der Waals surface area (Å²) in [6.45, 7) is 1.53. The molecule has 1 aromatic rings. The van der Waals surface area contributed by atoms with E-state index in [0.29, 0.717) is 0 Å². The molecule has 0 aliphatic heterocycles. The minimum Gasteiger partial charge on any atom is -0.392 e. The summed E-state index contributed by atoms with van der Waals surface area (Å²) in [7, 11) is 0. The van der Waals surface area contributed by atoms with Gasteiger partial charge in [0.25, 0.3) is 0 Å². The third-order valence-corrected chi connectivity index (χ3v) is 2.31. The lowest BCUT2D eigenvalue weighted by Gasteiger charge is -2.24. The van der Waals surface area contributed by atoms with Crippen LogP contribution in [0.5, 0.6) is 0 Å². The maximum atomic E-state index is 12.7. The van der Waals surface area contributed by atoms with Gasteiger partial charge in [0.1, 0.15) is 5.92 Å². The van der Waals surface area contributed by atoms with E-state index in [1.54, 1.807) is 6.07 Å². The Kier molecular flexibility index (Phi) is 3.74. The first-order chi connectivity index (χ1) is 6.96. The highest BCUT2D eigenvalue weighted by molar-refractivity contribution is 5.22. The Hall–Kier alpha value is -1.03. The zero-order chi connectivity index (χ0) is 11.5. The molecule has 0 amide bonds. The largest absolute Gasteiger partial charge is 0.398 e. The second-order valence-corrected chi connectivity index (χ2v) is 3.41. The summed E-state index contributed by atoms with van der Waals surface area (Å²) in [4.78, 5) is 0. The Labute approximate surface area is 86.5 Å². The van der Waals surface area contributed by atoms with E-state index >= 15 is 0 Å². The minimum atomic E-state index is -4.41. The molecule has 0 bridgehead atoms. The van der Waals surface area contributed by atoms with Crippen LogP contribution in [0.3, 0.4) is 0 Å². The van der Waals surface area contributed by atoms with E-state index in [-0.39, 0.29) is 12.0 Å². The van der Waals surface area contributed by atoms with Gasteiger partial charge in [-0.05, 0) is 12.0 Å². The molecule has 1 rings (SSSR count). The second kappa shape index (κ2) is 4.66. The Morgan fingerprint density at radius 3 is 2.13 bits per heavy atom. The van der Waals surface area contributed by atoms with Crippen molar-refractivity contribution in [3.05, 3.63) is 35.9 Å². The fourth-order valence-electron chi connectivity index (χ4n) is 1.53. The van der Waals surface area contributed by atoms with Gasteiger partial charge in [0.15, 0.2) is 0 Å². The van der Waals surface area contributed by atoms with Crippen LogP contribution in [0.1, 0.15) is 24.8 Å². The van der Waals surface area contributed by atoms with Crippen molar-refractivity contribution in [1.82, 2.24) is 0 Å². The summed E-state index contributed by atoms with van der Waals surface area (Å²) in [5, 5.41) is 9.39. The van der Waals surface area contributed by atoms with Gasteiger partial charge in [-0.3, -0.25) is 0 Å². The molecular formula is C11H13F3O. The van der Waals surface area contributed by atoms with Crippen molar-refractivity contribution < 1.29 is 18.3 Å². The first-order valence-electron chi connectivity index (χ1n) is 4.76. The number of aliphatic hydroxyl groups is 1. The molecule has 0 aliphatic carbocycles. The number of halogens is 3. The molecule has 1 nitrogen and oxygen atoms in total. The van der Waals surface area contributed by atoms with Crippen molar-refractivity contribution >= 4 is 0 Å². The number of aliphatic hydroxyl groups excluding tert-OH is 1. The van der Waals surface area contributed by atoms with E-state index in [0.717, 1.165) is 0 Å². The number of alkyl halides is 3. The number of benzene rings is 1. The van der Waals surface area contributed by atoms with Crippen LogP contribution in [0.4, 0.5) is 13.2 Å². The summed E-state index contributed by atoms with van der Waals surface area (Å²) < 4.78 is 38.0. The van der Waals surface area contributed by atoms with Gasteiger partial charge in [0, 0.05) is 0 Å². The van der Waals surface area contributed by atoms with E-state index in [1.165, 1.54) is 31.2 Å². The maximum absolute atomic E-state index is 12.7. The third kappa shape index (κ3) is 2.96. The molecule has 0 saturated heterocycles. The maximum Gasteiger partial charge on any atom is 0.398 e. The van der Waals surface area contributed by atoms with Crippen LogP contribution < -0.4 is 0 Å². The highest BCUT2D eigenvalue weighted by atomic mass is 19.4. The molecule has 4 heteroatoms. The highest BCUT2D eigenvalue weighted by Gasteiger charge is 2.44. The van der Waals surface area contributed by atoms with Gasteiger partial charge in [-0.2, -0.15) is 13.2 Å². The number of hydrogen-bond donors (Lipinski definition) is 1. The van der Waals surface area contributed by atoms with E-state index in [1.807, 2.05) is 0 Å². The van der Waals surface area contributed by atoms with Crippen LogP contribution in [0.25, 0.3) is 0 Å². The molecule has 0 saturated carbocycles. The van der Waals surface area contributed by atoms with Gasteiger partial charge in [0.2, 0.25) is 0 Å². The van der Waals surface area contributed by atoms with Crippen LogP contribution in [0, 0.1) is 0 Å². The van der Waals surface area contributed by atoms with Gasteiger partial charge in [-0.1, -0.05) is 37.3 Å². The van der Waals surface area contributed by atoms with Crippen molar-refractivity contribution in [2.45, 2.75) is 31.5 Å². The molecule has 0 aliphatic rings. The molecule has 0 fully saturated rings. The minimum absolute atomic E-state index is 0.0824. The quantitative estimate of drug-likeness (QED) is 0.826. The normalized spacial score (nSPS) is 16.1. The highest BCUT2D eigenvalue weighted by Crippen LogP contribution is 2.38. The lowest BCUT2D eigenvalue weighted by Crippen LogP contribution is -2.31. The van der Waals surface area contributed by atoms with E-state index < -0.39 is 18.2 Å². The summed E-state index contributed by atoms with van der Waals surface area (Å²) in [6.07, 6.45) is -5.71. The Morgan fingerprint density at radius 1 is 1.20 bits per heavy atom. The zero-order valence-corrected chi connectivity index (χ0v) is 8.33. The Morgan fingerprint density at radius 2 is 1.73 bits per heavy atom. The first-order valence-corrected chi connectivity index (χ1v) is 4.76. The summed E-state index contributed by atoms with van der Waals surface area (Å²) in [6, 6.07) is 7.50. The van der Waals surface area contributed by atoms with Crippen molar-refractivity contribution in [3.63, 3.8) is 0 Å². The molecule has 0 spiro atoms. The molecule has 1 N–H and O–H groups in total. The average Bonchev–Trinajstić information content (AvgIpc) is 2.17. The van der Waals surface area contributed by atoms with Crippen LogP contribution in [0.2, 0.25) is 0 Å². The van der Waals surface area contributed by atoms with Gasteiger partial charge in [-0.25, -0.2) is 0 Å². The second-order valence-electron chi connectivity index (χ2n) is 3.41. The summed E-state index contributed by atoms with van der Waals surface area (Å²) in [5.74, 6) is -1.79. The van der Waals surface area contributed by atoms with Crippen molar-refractivity contribution in [2.75, 3.05) is 0 Å².